The fourth-order valence-corrected chi connectivity index (χ4v) is 4.15. The second kappa shape index (κ2) is 7.87. The van der Waals surface area contributed by atoms with Crippen LogP contribution >= 0.6 is 0 Å². The lowest BCUT2D eigenvalue weighted by atomic mass is 9.95. The van der Waals surface area contributed by atoms with Gasteiger partial charge in [-0.2, -0.15) is 0 Å². The van der Waals surface area contributed by atoms with Crippen molar-refractivity contribution < 1.29 is 22.3 Å². The Hall–Kier alpha value is -1.07. The predicted octanol–water partition coefficient (Wildman–Crippen LogP) is -0.783. The third-order valence-electron chi connectivity index (χ3n) is 5.25. The molecule has 132 valence electrons. The Morgan fingerprint density at radius 1 is 1.04 bits per heavy atom. The van der Waals surface area contributed by atoms with E-state index in [0.717, 1.165) is 39.3 Å². The second-order valence-corrected chi connectivity index (χ2v) is 6.83. The third kappa shape index (κ3) is 3.47. The lowest BCUT2D eigenvalue weighted by molar-refractivity contribution is -0.0000219. The first-order valence-corrected chi connectivity index (χ1v) is 8.90. The third-order valence-corrected chi connectivity index (χ3v) is 5.25. The number of para-hydroxylation sites is 1. The van der Waals surface area contributed by atoms with Crippen LogP contribution in [0.4, 0.5) is 0 Å². The normalized spacial score (nSPS) is 19.7. The number of hydrogen-bond donors (Lipinski definition) is 1. The van der Waals surface area contributed by atoms with Gasteiger partial charge in [0.05, 0.1) is 25.9 Å². The van der Waals surface area contributed by atoms with E-state index in [1.165, 1.54) is 41.4 Å². The van der Waals surface area contributed by atoms with E-state index >= 15 is 0 Å². The Morgan fingerprint density at radius 3 is 2.62 bits per heavy atom. The highest BCUT2D eigenvalue weighted by molar-refractivity contribution is 5.85. The molecule has 1 aromatic carbocycles. The fraction of sp³-hybridized carbons (Fsp3) is 0.579. The van der Waals surface area contributed by atoms with Crippen molar-refractivity contribution in [2.24, 2.45) is 0 Å². The number of rotatable bonds is 4. The summed E-state index contributed by atoms with van der Waals surface area (Å²) in [6.45, 7) is 4.88. The second-order valence-electron chi connectivity index (χ2n) is 6.83. The number of halogens is 1. The largest absolute Gasteiger partial charge is 1.00 e. The smallest absolute Gasteiger partial charge is 0.0845 e. The molecule has 0 bridgehead atoms. The number of aliphatic hydroxyl groups is 1. The maximum Gasteiger partial charge on any atom is 0.0845 e. The van der Waals surface area contributed by atoms with Crippen LogP contribution in [-0.4, -0.2) is 53.5 Å². The van der Waals surface area contributed by atoms with Crippen molar-refractivity contribution in [3.05, 3.63) is 35.5 Å². The molecular weight excluding hydrogens is 324 g/mol. The van der Waals surface area contributed by atoms with Gasteiger partial charge in [-0.15, -0.1) is 0 Å². The van der Waals surface area contributed by atoms with Crippen LogP contribution in [0.3, 0.4) is 0 Å². The molecule has 2 heterocycles. The van der Waals surface area contributed by atoms with Crippen molar-refractivity contribution >= 4 is 10.9 Å². The summed E-state index contributed by atoms with van der Waals surface area (Å²) in [6, 6.07) is 8.68. The first-order valence-electron chi connectivity index (χ1n) is 8.90. The Kier molecular flexibility index (Phi) is 5.82. The summed E-state index contributed by atoms with van der Waals surface area (Å²) in [5, 5.41) is 12.0. The van der Waals surface area contributed by atoms with Gasteiger partial charge in [0.25, 0.3) is 0 Å². The molecule has 4 nitrogen and oxygen atoms in total. The molecule has 0 spiro atoms. The topological polar surface area (TPSA) is 37.6 Å². The van der Waals surface area contributed by atoms with Crippen molar-refractivity contribution in [1.82, 2.24) is 9.47 Å². The molecule has 1 saturated heterocycles. The molecule has 1 aliphatic carbocycles. The van der Waals surface area contributed by atoms with Crippen LogP contribution in [0, 0.1) is 0 Å². The maximum absolute atomic E-state index is 10.6. The molecule has 0 saturated carbocycles. The number of ether oxygens (including phenoxy) is 1. The number of benzene rings is 1. The minimum absolute atomic E-state index is 0. The van der Waals surface area contributed by atoms with Gasteiger partial charge < -0.3 is 26.8 Å². The summed E-state index contributed by atoms with van der Waals surface area (Å²) in [6.07, 6.45) is 4.56. The first kappa shape index (κ1) is 17.7. The van der Waals surface area contributed by atoms with Crippen molar-refractivity contribution in [1.29, 1.82) is 0 Å². The Morgan fingerprint density at radius 2 is 1.79 bits per heavy atom. The average Bonchev–Trinajstić information content (AvgIpc) is 2.90. The molecule has 5 heteroatoms. The molecule has 0 amide bonds. The predicted molar refractivity (Wildman–Crippen MR) is 91.8 cm³/mol. The van der Waals surface area contributed by atoms with E-state index in [-0.39, 0.29) is 18.5 Å². The van der Waals surface area contributed by atoms with E-state index in [4.69, 9.17) is 4.74 Å². The number of aliphatic hydroxyl groups excluding tert-OH is 1. The zero-order chi connectivity index (χ0) is 15.6. The highest BCUT2D eigenvalue weighted by atomic mass is 35.5. The SMILES string of the molecule is OC(CN1CCOCC1)Cn1c2c(c3ccccc31)CCCC2.[Cl-]. The number of morpholine rings is 1. The highest BCUT2D eigenvalue weighted by Crippen LogP contribution is 2.32. The van der Waals surface area contributed by atoms with Crippen LogP contribution in [0.15, 0.2) is 24.3 Å². The maximum atomic E-state index is 10.6. The molecule has 1 fully saturated rings. The van der Waals surface area contributed by atoms with E-state index in [9.17, 15) is 5.11 Å². The van der Waals surface area contributed by atoms with E-state index in [1.807, 2.05) is 0 Å². The molecule has 1 unspecified atom stereocenters. The fourth-order valence-electron chi connectivity index (χ4n) is 4.15. The van der Waals surface area contributed by atoms with Crippen molar-refractivity contribution in [3.8, 4) is 0 Å². The Balaban J connectivity index is 0.00000169. The van der Waals surface area contributed by atoms with Crippen LogP contribution in [0.5, 0.6) is 0 Å². The van der Waals surface area contributed by atoms with Gasteiger partial charge in [0.15, 0.2) is 0 Å². The van der Waals surface area contributed by atoms with Gasteiger partial charge >= 0.3 is 0 Å². The van der Waals surface area contributed by atoms with E-state index in [2.05, 4.69) is 33.7 Å². The van der Waals surface area contributed by atoms with Crippen LogP contribution in [-0.2, 0) is 24.1 Å². The molecule has 24 heavy (non-hydrogen) atoms. The summed E-state index contributed by atoms with van der Waals surface area (Å²) in [5.74, 6) is 0. The Labute approximate surface area is 149 Å². The zero-order valence-corrected chi connectivity index (χ0v) is 14.8. The molecule has 4 rings (SSSR count). The summed E-state index contributed by atoms with van der Waals surface area (Å²) in [5.41, 5.74) is 4.27. The summed E-state index contributed by atoms with van der Waals surface area (Å²) < 4.78 is 7.77. The van der Waals surface area contributed by atoms with Gasteiger partial charge in [-0.25, -0.2) is 0 Å². The number of hydrogen-bond acceptors (Lipinski definition) is 3. The Bertz CT molecular complexity index is 679. The van der Waals surface area contributed by atoms with Crippen molar-refractivity contribution in [2.45, 2.75) is 38.3 Å². The number of β-amino-alcohol motifs (C(OH)–C–C–N with tert-alkyl or cyclic N) is 1. The van der Waals surface area contributed by atoms with Crippen LogP contribution in [0.2, 0.25) is 0 Å². The van der Waals surface area contributed by atoms with Gasteiger partial charge in [-0.3, -0.25) is 4.90 Å². The van der Waals surface area contributed by atoms with Crippen LogP contribution in [0.25, 0.3) is 10.9 Å². The molecule has 0 radical (unpaired) electrons. The molecular formula is C19H26ClN2O2-. The minimum atomic E-state index is -0.324. The highest BCUT2D eigenvalue weighted by Gasteiger charge is 2.22. The van der Waals surface area contributed by atoms with Gasteiger partial charge in [0.2, 0.25) is 0 Å². The van der Waals surface area contributed by atoms with Crippen LogP contribution in [0.1, 0.15) is 24.1 Å². The lowest BCUT2D eigenvalue weighted by Crippen LogP contribution is -3.00. The van der Waals surface area contributed by atoms with Crippen molar-refractivity contribution in [3.63, 3.8) is 0 Å². The molecule has 1 aliphatic heterocycles. The van der Waals surface area contributed by atoms with Gasteiger partial charge in [-0.05, 0) is 37.3 Å². The standard InChI is InChI=1S/C19H26N2O2.ClH/c22-15(13-20-9-11-23-12-10-20)14-21-18-7-3-1-5-16(18)17-6-2-4-8-19(17)21;/h1,3,5,7,15,22H,2,4,6,8-14H2;1H/p-1. The van der Waals surface area contributed by atoms with Crippen LogP contribution < -0.4 is 12.4 Å². The summed E-state index contributed by atoms with van der Waals surface area (Å²) in [7, 11) is 0. The number of fused-ring (bicyclic) bond motifs is 3. The first-order chi connectivity index (χ1) is 11.3. The number of nitrogens with zero attached hydrogens (tertiary/aromatic N) is 2. The molecule has 1 aromatic heterocycles. The minimum Gasteiger partial charge on any atom is -1.00 e. The van der Waals surface area contributed by atoms with E-state index < -0.39 is 0 Å². The lowest BCUT2D eigenvalue weighted by Gasteiger charge is -2.29. The molecule has 1 atom stereocenters. The van der Waals surface area contributed by atoms with Gasteiger partial charge in [-0.1, -0.05) is 18.2 Å². The summed E-state index contributed by atoms with van der Waals surface area (Å²) in [4.78, 5) is 2.31. The van der Waals surface area contributed by atoms with Crippen molar-refractivity contribution in [2.75, 3.05) is 32.8 Å². The van der Waals surface area contributed by atoms with Gasteiger partial charge in [0, 0.05) is 36.2 Å². The number of aromatic nitrogens is 1. The van der Waals surface area contributed by atoms with E-state index in [0.29, 0.717) is 6.54 Å². The average molecular weight is 350 g/mol. The quantitative estimate of drug-likeness (QED) is 0.787. The van der Waals surface area contributed by atoms with E-state index in [1.54, 1.807) is 0 Å². The molecule has 1 N–H and O–H groups in total. The zero-order valence-electron chi connectivity index (χ0n) is 14.1. The summed E-state index contributed by atoms with van der Waals surface area (Å²) >= 11 is 0. The molecule has 2 aromatic rings. The monoisotopic (exact) mass is 349 g/mol. The number of aryl methyl sites for hydroxylation is 1. The van der Waals surface area contributed by atoms with Gasteiger partial charge in [0.1, 0.15) is 0 Å². The molecule has 2 aliphatic rings.